The second-order valence-electron chi connectivity index (χ2n) is 5.76. The zero-order valence-corrected chi connectivity index (χ0v) is 11.9. The minimum atomic E-state index is 0.167. The lowest BCUT2D eigenvalue weighted by molar-refractivity contribution is 0.407. The van der Waals surface area contributed by atoms with E-state index in [2.05, 4.69) is 44.2 Å². The van der Waals surface area contributed by atoms with Crippen LogP contribution in [0.25, 0.3) is 10.8 Å². The van der Waals surface area contributed by atoms with Gasteiger partial charge >= 0.3 is 0 Å². The average molecular weight is 253 g/mol. The summed E-state index contributed by atoms with van der Waals surface area (Å²) in [4.78, 5) is 0. The largest absolute Gasteiger partial charge is 0.324 e. The molecule has 0 bridgehead atoms. The molecule has 1 atom stereocenters. The van der Waals surface area contributed by atoms with Gasteiger partial charge in [0.2, 0.25) is 0 Å². The van der Waals surface area contributed by atoms with E-state index in [-0.39, 0.29) is 6.04 Å². The third kappa shape index (κ3) is 1.97. The monoisotopic (exact) mass is 253 g/mol. The Morgan fingerprint density at radius 3 is 2.37 bits per heavy atom. The van der Waals surface area contributed by atoms with Crippen LogP contribution in [0.2, 0.25) is 0 Å². The number of nitrogens with two attached hydrogens (primary N) is 1. The van der Waals surface area contributed by atoms with Crippen molar-refractivity contribution in [3.8, 4) is 0 Å². The number of hydrogen-bond acceptors (Lipinski definition) is 1. The SMILES string of the molecule is CCC(CC)C(N)c1ccc2c3c(cccc13)CC2. The van der Waals surface area contributed by atoms with E-state index >= 15 is 0 Å². The standard InChI is InChI=1S/C18H23N/c1-3-12(4-2)18(19)16-11-10-14-9-8-13-6-5-7-15(16)17(13)14/h5-7,10-12,18H,3-4,8-9,19H2,1-2H3. The summed E-state index contributed by atoms with van der Waals surface area (Å²) in [6, 6.07) is 11.5. The highest BCUT2D eigenvalue weighted by atomic mass is 14.7. The van der Waals surface area contributed by atoms with Crippen LogP contribution in [0.5, 0.6) is 0 Å². The summed E-state index contributed by atoms with van der Waals surface area (Å²) < 4.78 is 0. The predicted octanol–water partition coefficient (Wildman–Crippen LogP) is 4.37. The van der Waals surface area contributed by atoms with Gasteiger partial charge in [-0.1, -0.05) is 57.0 Å². The van der Waals surface area contributed by atoms with Crippen molar-refractivity contribution in [3.63, 3.8) is 0 Å². The Morgan fingerprint density at radius 2 is 1.68 bits per heavy atom. The van der Waals surface area contributed by atoms with Crippen molar-refractivity contribution in [1.29, 1.82) is 0 Å². The van der Waals surface area contributed by atoms with Crippen LogP contribution >= 0.6 is 0 Å². The van der Waals surface area contributed by atoms with E-state index in [1.54, 1.807) is 0 Å². The highest BCUT2D eigenvalue weighted by Gasteiger charge is 2.21. The molecule has 1 unspecified atom stereocenters. The molecule has 0 amide bonds. The van der Waals surface area contributed by atoms with Gasteiger partial charge in [-0.15, -0.1) is 0 Å². The molecular weight excluding hydrogens is 230 g/mol. The molecule has 2 aromatic carbocycles. The fraction of sp³-hybridized carbons (Fsp3) is 0.444. The second kappa shape index (κ2) is 4.97. The normalized spacial score (nSPS) is 15.4. The topological polar surface area (TPSA) is 26.0 Å². The molecule has 2 N–H and O–H groups in total. The van der Waals surface area contributed by atoms with Crippen molar-refractivity contribution >= 4 is 10.8 Å². The lowest BCUT2D eigenvalue weighted by Gasteiger charge is -2.23. The molecule has 0 fully saturated rings. The summed E-state index contributed by atoms with van der Waals surface area (Å²) in [6.45, 7) is 4.49. The molecule has 0 heterocycles. The van der Waals surface area contributed by atoms with Gasteiger partial charge in [-0.25, -0.2) is 0 Å². The minimum Gasteiger partial charge on any atom is -0.324 e. The van der Waals surface area contributed by atoms with Crippen LogP contribution in [0.3, 0.4) is 0 Å². The molecule has 0 saturated heterocycles. The number of hydrogen-bond donors (Lipinski definition) is 1. The third-order valence-corrected chi connectivity index (χ3v) is 4.83. The molecule has 0 saturated carbocycles. The fourth-order valence-electron chi connectivity index (χ4n) is 3.61. The zero-order chi connectivity index (χ0) is 13.4. The quantitative estimate of drug-likeness (QED) is 0.860. The van der Waals surface area contributed by atoms with Crippen LogP contribution in [0.4, 0.5) is 0 Å². The first-order valence-corrected chi connectivity index (χ1v) is 7.55. The van der Waals surface area contributed by atoms with Crippen molar-refractivity contribution in [2.24, 2.45) is 11.7 Å². The van der Waals surface area contributed by atoms with Crippen molar-refractivity contribution < 1.29 is 0 Å². The van der Waals surface area contributed by atoms with Gasteiger partial charge < -0.3 is 5.73 Å². The summed E-state index contributed by atoms with van der Waals surface area (Å²) in [7, 11) is 0. The Hall–Kier alpha value is -1.34. The Kier molecular flexibility index (Phi) is 3.32. The highest BCUT2D eigenvalue weighted by Crippen LogP contribution is 2.37. The molecule has 19 heavy (non-hydrogen) atoms. The van der Waals surface area contributed by atoms with E-state index in [4.69, 9.17) is 5.73 Å². The Balaban J connectivity index is 2.15. The van der Waals surface area contributed by atoms with E-state index in [1.807, 2.05) is 0 Å². The first-order chi connectivity index (χ1) is 9.26. The van der Waals surface area contributed by atoms with Crippen molar-refractivity contribution in [2.75, 3.05) is 0 Å². The number of aryl methyl sites for hydroxylation is 2. The maximum absolute atomic E-state index is 6.55. The first kappa shape index (κ1) is 12.7. The van der Waals surface area contributed by atoms with E-state index in [0.717, 1.165) is 12.8 Å². The maximum atomic E-state index is 6.55. The molecule has 0 aliphatic heterocycles. The smallest absolute Gasteiger partial charge is 0.0329 e. The third-order valence-electron chi connectivity index (χ3n) is 4.83. The van der Waals surface area contributed by atoms with E-state index in [9.17, 15) is 0 Å². The molecule has 100 valence electrons. The van der Waals surface area contributed by atoms with Crippen LogP contribution in [0.1, 0.15) is 49.4 Å². The summed E-state index contributed by atoms with van der Waals surface area (Å²) in [5.41, 5.74) is 10.9. The van der Waals surface area contributed by atoms with Gasteiger partial charge in [0.25, 0.3) is 0 Å². The van der Waals surface area contributed by atoms with Crippen molar-refractivity contribution in [2.45, 2.75) is 45.6 Å². The summed E-state index contributed by atoms with van der Waals surface area (Å²) in [5.74, 6) is 0.582. The molecule has 0 spiro atoms. The Labute approximate surface area is 115 Å². The number of rotatable bonds is 4. The molecule has 0 aromatic heterocycles. The van der Waals surface area contributed by atoms with Gasteiger partial charge in [0, 0.05) is 6.04 Å². The highest BCUT2D eigenvalue weighted by molar-refractivity contribution is 5.93. The summed E-state index contributed by atoms with van der Waals surface area (Å²) >= 11 is 0. The van der Waals surface area contributed by atoms with Gasteiger partial charge in [0.05, 0.1) is 0 Å². The summed E-state index contributed by atoms with van der Waals surface area (Å²) in [6.07, 6.45) is 4.69. The molecule has 1 nitrogen and oxygen atoms in total. The maximum Gasteiger partial charge on any atom is 0.0329 e. The van der Waals surface area contributed by atoms with E-state index in [1.165, 1.54) is 40.3 Å². The lowest BCUT2D eigenvalue weighted by atomic mass is 9.86. The van der Waals surface area contributed by atoms with Gasteiger partial charge in [-0.2, -0.15) is 0 Å². The lowest BCUT2D eigenvalue weighted by Crippen LogP contribution is -2.20. The first-order valence-electron chi connectivity index (χ1n) is 7.55. The zero-order valence-electron chi connectivity index (χ0n) is 11.9. The van der Waals surface area contributed by atoms with Gasteiger partial charge in [-0.3, -0.25) is 0 Å². The molecule has 1 aliphatic carbocycles. The van der Waals surface area contributed by atoms with Crippen LogP contribution < -0.4 is 5.73 Å². The van der Waals surface area contributed by atoms with Crippen LogP contribution in [0, 0.1) is 5.92 Å². The average Bonchev–Trinajstić information content (AvgIpc) is 2.86. The Bertz CT molecular complexity index is 586. The minimum absolute atomic E-state index is 0.167. The van der Waals surface area contributed by atoms with Gasteiger partial charge in [0.15, 0.2) is 0 Å². The molecule has 3 rings (SSSR count). The molecule has 2 aromatic rings. The predicted molar refractivity (Wildman–Crippen MR) is 82.4 cm³/mol. The van der Waals surface area contributed by atoms with E-state index in [0.29, 0.717) is 5.92 Å². The van der Waals surface area contributed by atoms with Gasteiger partial charge in [0.1, 0.15) is 0 Å². The molecular formula is C18H23N. The fourth-order valence-corrected chi connectivity index (χ4v) is 3.61. The van der Waals surface area contributed by atoms with E-state index < -0.39 is 0 Å². The van der Waals surface area contributed by atoms with Crippen molar-refractivity contribution in [1.82, 2.24) is 0 Å². The Morgan fingerprint density at radius 1 is 1.00 bits per heavy atom. The van der Waals surface area contributed by atoms with Crippen LogP contribution in [-0.4, -0.2) is 0 Å². The molecule has 1 heteroatoms. The molecule has 1 aliphatic rings. The van der Waals surface area contributed by atoms with Gasteiger partial charge in [-0.05, 0) is 46.2 Å². The second-order valence-corrected chi connectivity index (χ2v) is 5.76. The summed E-state index contributed by atoms with van der Waals surface area (Å²) in [5, 5.41) is 2.88. The van der Waals surface area contributed by atoms with Crippen LogP contribution in [-0.2, 0) is 12.8 Å². The van der Waals surface area contributed by atoms with Crippen molar-refractivity contribution in [3.05, 3.63) is 47.0 Å². The van der Waals surface area contributed by atoms with Crippen LogP contribution in [0.15, 0.2) is 30.3 Å². The molecule has 0 radical (unpaired) electrons. The number of benzene rings is 2.